The Kier molecular flexibility index (Phi) is 3.72. The van der Waals surface area contributed by atoms with E-state index in [1.54, 1.807) is 0 Å². The molecule has 1 saturated heterocycles. The van der Waals surface area contributed by atoms with Crippen LogP contribution < -0.4 is 5.46 Å². The molecule has 0 unspecified atom stereocenters. The first-order valence-electron chi connectivity index (χ1n) is 10.5. The molecule has 1 aromatic heterocycles. The molecule has 4 aromatic carbocycles. The molecule has 30 heavy (non-hydrogen) atoms. The van der Waals surface area contributed by atoms with Gasteiger partial charge in [0.15, 0.2) is 0 Å². The van der Waals surface area contributed by atoms with Crippen molar-refractivity contribution < 1.29 is 9.31 Å². The zero-order valence-corrected chi connectivity index (χ0v) is 18.5. The fourth-order valence-corrected chi connectivity index (χ4v) is 5.80. The highest BCUT2D eigenvalue weighted by Gasteiger charge is 2.52. The lowest BCUT2D eigenvalue weighted by Gasteiger charge is -2.32. The first kappa shape index (κ1) is 18.4. The molecule has 1 fully saturated rings. The van der Waals surface area contributed by atoms with Gasteiger partial charge in [0.2, 0.25) is 0 Å². The van der Waals surface area contributed by atoms with E-state index >= 15 is 0 Å². The lowest BCUT2D eigenvalue weighted by Crippen LogP contribution is -2.41. The van der Waals surface area contributed by atoms with Crippen molar-refractivity contribution in [2.24, 2.45) is 0 Å². The molecule has 0 amide bonds. The Morgan fingerprint density at radius 2 is 1.37 bits per heavy atom. The third kappa shape index (κ3) is 2.45. The molecule has 0 aliphatic carbocycles. The maximum absolute atomic E-state index is 6.49. The van der Waals surface area contributed by atoms with Crippen molar-refractivity contribution in [3.05, 3.63) is 66.7 Å². The maximum atomic E-state index is 6.49. The second-order valence-corrected chi connectivity index (χ2v) is 10.3. The van der Waals surface area contributed by atoms with E-state index < -0.39 is 0 Å². The molecule has 6 rings (SSSR count). The fourth-order valence-electron chi connectivity index (χ4n) is 4.55. The van der Waals surface area contributed by atoms with Crippen molar-refractivity contribution in [3.8, 4) is 0 Å². The van der Waals surface area contributed by atoms with E-state index in [1.165, 1.54) is 41.7 Å². The zero-order chi connectivity index (χ0) is 20.7. The standard InChI is InChI=1S/C26H23BO2S/c1-25(2)26(3,4)29-27(28-25)21-15-20-18-11-7-8-12-22(18)30-24(20)23-17-10-6-5-9-16(17)13-14-19(21)23/h5-15H,1-4H3. The highest BCUT2D eigenvalue weighted by molar-refractivity contribution is 7.26. The van der Waals surface area contributed by atoms with Crippen molar-refractivity contribution in [2.75, 3.05) is 0 Å². The van der Waals surface area contributed by atoms with Gasteiger partial charge in [-0.1, -0.05) is 60.7 Å². The summed E-state index contributed by atoms with van der Waals surface area (Å²) in [4.78, 5) is 0. The van der Waals surface area contributed by atoms with Crippen LogP contribution in [0.5, 0.6) is 0 Å². The van der Waals surface area contributed by atoms with Gasteiger partial charge in [-0.05, 0) is 55.4 Å². The molecular weight excluding hydrogens is 387 g/mol. The van der Waals surface area contributed by atoms with Crippen LogP contribution in [0, 0.1) is 0 Å². The maximum Gasteiger partial charge on any atom is 0.495 e. The topological polar surface area (TPSA) is 18.5 Å². The molecule has 5 aromatic rings. The largest absolute Gasteiger partial charge is 0.495 e. The van der Waals surface area contributed by atoms with Gasteiger partial charge in [0.05, 0.1) is 11.2 Å². The van der Waals surface area contributed by atoms with Crippen molar-refractivity contribution in [1.82, 2.24) is 0 Å². The quantitative estimate of drug-likeness (QED) is 0.227. The summed E-state index contributed by atoms with van der Waals surface area (Å²) in [7, 11) is -0.387. The predicted octanol–water partition coefficient (Wildman–Crippen LogP) is 6.66. The number of benzene rings is 4. The molecule has 2 nitrogen and oxygen atoms in total. The summed E-state index contributed by atoms with van der Waals surface area (Å²) in [6, 6.07) is 24.1. The van der Waals surface area contributed by atoms with Gasteiger partial charge in [0, 0.05) is 25.6 Å². The highest BCUT2D eigenvalue weighted by atomic mass is 32.1. The van der Waals surface area contributed by atoms with Gasteiger partial charge in [-0.15, -0.1) is 11.3 Å². The minimum atomic E-state index is -0.387. The average molecular weight is 410 g/mol. The van der Waals surface area contributed by atoms with Gasteiger partial charge in [-0.3, -0.25) is 0 Å². The van der Waals surface area contributed by atoms with Gasteiger partial charge in [-0.25, -0.2) is 0 Å². The number of hydrogen-bond acceptors (Lipinski definition) is 3. The molecular formula is C26H23BO2S. The first-order valence-corrected chi connectivity index (χ1v) is 11.3. The smallest absolute Gasteiger partial charge is 0.399 e. The predicted molar refractivity (Wildman–Crippen MR) is 130 cm³/mol. The van der Waals surface area contributed by atoms with Crippen LogP contribution in [0.4, 0.5) is 0 Å². The van der Waals surface area contributed by atoms with E-state index in [4.69, 9.17) is 9.31 Å². The summed E-state index contributed by atoms with van der Waals surface area (Å²) in [6.07, 6.45) is 0. The zero-order valence-electron chi connectivity index (χ0n) is 17.7. The fraction of sp³-hybridized carbons (Fsp3) is 0.231. The van der Waals surface area contributed by atoms with E-state index in [9.17, 15) is 0 Å². The summed E-state index contributed by atoms with van der Waals surface area (Å²) in [5.74, 6) is 0. The monoisotopic (exact) mass is 410 g/mol. The van der Waals surface area contributed by atoms with Crippen LogP contribution in [-0.4, -0.2) is 18.3 Å². The summed E-state index contributed by atoms with van der Waals surface area (Å²) in [6.45, 7) is 8.46. The Hall–Kier alpha value is -2.40. The summed E-state index contributed by atoms with van der Waals surface area (Å²) in [5.41, 5.74) is 0.379. The van der Waals surface area contributed by atoms with E-state index in [0.717, 1.165) is 5.46 Å². The lowest BCUT2D eigenvalue weighted by molar-refractivity contribution is 0.00578. The van der Waals surface area contributed by atoms with Gasteiger partial charge < -0.3 is 9.31 Å². The highest BCUT2D eigenvalue weighted by Crippen LogP contribution is 2.42. The van der Waals surface area contributed by atoms with Crippen LogP contribution in [0.3, 0.4) is 0 Å². The molecule has 4 heteroatoms. The van der Waals surface area contributed by atoms with E-state index in [1.807, 2.05) is 11.3 Å². The molecule has 2 heterocycles. The minimum Gasteiger partial charge on any atom is -0.399 e. The summed E-state index contributed by atoms with van der Waals surface area (Å²) < 4.78 is 15.6. The second kappa shape index (κ2) is 6.07. The van der Waals surface area contributed by atoms with Crippen LogP contribution >= 0.6 is 11.3 Å². The third-order valence-corrected chi connectivity index (χ3v) is 8.11. The summed E-state index contributed by atoms with van der Waals surface area (Å²) in [5, 5.41) is 7.64. The molecule has 0 radical (unpaired) electrons. The van der Waals surface area contributed by atoms with Crippen LogP contribution in [0.15, 0.2) is 66.7 Å². The second-order valence-electron chi connectivity index (χ2n) is 9.24. The third-order valence-electron chi connectivity index (χ3n) is 6.91. The van der Waals surface area contributed by atoms with Gasteiger partial charge in [-0.2, -0.15) is 0 Å². The first-order chi connectivity index (χ1) is 14.4. The van der Waals surface area contributed by atoms with Crippen molar-refractivity contribution in [1.29, 1.82) is 0 Å². The molecule has 0 N–H and O–H groups in total. The van der Waals surface area contributed by atoms with Gasteiger partial charge in [0.1, 0.15) is 0 Å². The molecule has 0 atom stereocenters. The van der Waals surface area contributed by atoms with Crippen molar-refractivity contribution >= 4 is 65.6 Å². The van der Waals surface area contributed by atoms with Crippen molar-refractivity contribution in [3.63, 3.8) is 0 Å². The summed E-state index contributed by atoms with van der Waals surface area (Å²) >= 11 is 1.88. The Bertz CT molecular complexity index is 1450. The number of fused-ring (bicyclic) bond motifs is 7. The Morgan fingerprint density at radius 1 is 0.700 bits per heavy atom. The number of rotatable bonds is 1. The van der Waals surface area contributed by atoms with Crippen LogP contribution in [-0.2, 0) is 9.31 Å². The normalized spacial score (nSPS) is 18.2. The molecule has 0 saturated carbocycles. The van der Waals surface area contributed by atoms with Crippen LogP contribution in [0.25, 0.3) is 41.7 Å². The molecule has 1 aliphatic rings. The Morgan fingerprint density at radius 3 is 2.13 bits per heavy atom. The SMILES string of the molecule is CC1(C)OB(c2cc3c4ccccc4sc3c3c2ccc2ccccc23)OC1(C)C. The van der Waals surface area contributed by atoms with Gasteiger partial charge >= 0.3 is 7.12 Å². The number of hydrogen-bond donors (Lipinski definition) is 0. The van der Waals surface area contributed by atoms with Crippen LogP contribution in [0.2, 0.25) is 0 Å². The number of thiophene rings is 1. The Balaban J connectivity index is 1.77. The lowest BCUT2D eigenvalue weighted by atomic mass is 9.75. The molecule has 0 spiro atoms. The van der Waals surface area contributed by atoms with E-state index in [-0.39, 0.29) is 18.3 Å². The average Bonchev–Trinajstić information content (AvgIpc) is 3.20. The molecule has 1 aliphatic heterocycles. The molecule has 0 bridgehead atoms. The van der Waals surface area contributed by atoms with E-state index in [2.05, 4.69) is 94.4 Å². The van der Waals surface area contributed by atoms with Crippen molar-refractivity contribution in [2.45, 2.75) is 38.9 Å². The Labute approximate surface area is 180 Å². The molecule has 148 valence electrons. The van der Waals surface area contributed by atoms with Gasteiger partial charge in [0.25, 0.3) is 0 Å². The van der Waals surface area contributed by atoms with Crippen LogP contribution in [0.1, 0.15) is 27.7 Å². The minimum absolute atomic E-state index is 0.369. The van der Waals surface area contributed by atoms with E-state index in [0.29, 0.717) is 0 Å².